The Morgan fingerprint density at radius 3 is 2.05 bits per heavy atom. The van der Waals surface area contributed by atoms with Crippen molar-refractivity contribution in [3.05, 3.63) is 41.5 Å². The number of aliphatic hydroxyl groups is 1. The van der Waals surface area contributed by atoms with Crippen molar-refractivity contribution in [3.8, 4) is 5.75 Å². The Labute approximate surface area is 257 Å². The summed E-state index contributed by atoms with van der Waals surface area (Å²) in [6.45, 7) is 16.1. The van der Waals surface area contributed by atoms with E-state index < -0.39 is 35.0 Å². The number of carbonyl (C=O) groups is 2. The van der Waals surface area contributed by atoms with Crippen LogP contribution in [0.2, 0.25) is 0 Å². The topological polar surface area (TPSA) is 104 Å². The first kappa shape index (κ1) is 30.7. The predicted octanol–water partition coefficient (Wildman–Crippen LogP) is 7.77. The largest absolute Gasteiger partial charge is 0.508 e. The van der Waals surface area contributed by atoms with Crippen molar-refractivity contribution in [2.75, 3.05) is 0 Å². The number of esters is 1. The number of aromatic hydroxyl groups is 1. The molecule has 6 nitrogen and oxygen atoms in total. The zero-order valence-electron chi connectivity index (χ0n) is 27.2. The second kappa shape index (κ2) is 9.58. The first-order valence-electron chi connectivity index (χ1n) is 16.5. The Morgan fingerprint density at radius 2 is 1.42 bits per heavy atom. The van der Waals surface area contributed by atoms with Crippen molar-refractivity contribution in [1.82, 2.24) is 0 Å². The third-order valence-electron chi connectivity index (χ3n) is 14.0. The van der Waals surface area contributed by atoms with Gasteiger partial charge < -0.3 is 20.1 Å². The molecule has 4 saturated carbocycles. The molecule has 6 rings (SSSR count). The summed E-state index contributed by atoms with van der Waals surface area (Å²) in [4.78, 5) is 26.2. The summed E-state index contributed by atoms with van der Waals surface area (Å²) >= 11 is 0. The van der Waals surface area contributed by atoms with Gasteiger partial charge in [0.15, 0.2) is 0 Å². The summed E-state index contributed by atoms with van der Waals surface area (Å²) in [7, 11) is 0. The van der Waals surface area contributed by atoms with Crippen LogP contribution in [0.1, 0.15) is 117 Å². The van der Waals surface area contributed by atoms with Crippen LogP contribution in [0.25, 0.3) is 0 Å². The number of fused-ring (bicyclic) bond motifs is 7. The molecule has 0 radical (unpaired) electrons. The molecule has 1 aromatic rings. The highest BCUT2D eigenvalue weighted by molar-refractivity contribution is 5.89. The molecule has 0 bridgehead atoms. The minimum absolute atomic E-state index is 0.0750. The molecule has 0 amide bonds. The van der Waals surface area contributed by atoms with Crippen molar-refractivity contribution >= 4 is 11.9 Å². The number of phenolic OH excluding ortho intramolecular Hbond substituents is 1. The predicted molar refractivity (Wildman–Crippen MR) is 165 cm³/mol. The third kappa shape index (κ3) is 4.28. The van der Waals surface area contributed by atoms with E-state index in [4.69, 9.17) is 4.74 Å². The van der Waals surface area contributed by atoms with Crippen LogP contribution in [-0.2, 0) is 9.53 Å². The van der Waals surface area contributed by atoms with E-state index in [2.05, 4.69) is 54.5 Å². The van der Waals surface area contributed by atoms with Crippen LogP contribution < -0.4 is 0 Å². The van der Waals surface area contributed by atoms with Crippen molar-refractivity contribution < 1.29 is 29.6 Å². The maximum atomic E-state index is 13.2. The molecule has 0 heterocycles. The zero-order valence-corrected chi connectivity index (χ0v) is 27.2. The van der Waals surface area contributed by atoms with Crippen LogP contribution in [0.15, 0.2) is 35.9 Å². The van der Waals surface area contributed by atoms with Gasteiger partial charge >= 0.3 is 11.9 Å². The number of carbonyl (C=O) groups excluding carboxylic acids is 1. The molecule has 0 aliphatic heterocycles. The van der Waals surface area contributed by atoms with E-state index in [0.29, 0.717) is 24.3 Å². The van der Waals surface area contributed by atoms with E-state index in [9.17, 15) is 24.9 Å². The molecule has 4 fully saturated rings. The zero-order chi connectivity index (χ0) is 31.4. The quantitative estimate of drug-likeness (QED) is 0.245. The summed E-state index contributed by atoms with van der Waals surface area (Å²) in [5.74, 6) is -0.268. The lowest BCUT2D eigenvalue weighted by molar-refractivity contribution is -0.219. The fraction of sp³-hybridized carbons (Fsp3) is 0.730. The minimum atomic E-state index is -0.778. The fourth-order valence-electron chi connectivity index (χ4n) is 11.9. The van der Waals surface area contributed by atoms with Gasteiger partial charge in [-0.25, -0.2) is 4.79 Å². The van der Waals surface area contributed by atoms with Gasteiger partial charge in [0, 0.05) is 0 Å². The number of hydrogen-bond acceptors (Lipinski definition) is 5. The molecule has 1 aromatic carbocycles. The SMILES string of the molecule is CC1(C)CC[C@]2(C(=O)O)CC=C3[C@]4(C)CCC5C(C)(C)[C@H](O)[C@H](OC(=O)c6ccc(O)cc6)C[C@]5(C)C4CC[C@@]3(C)C2C1. The minimum Gasteiger partial charge on any atom is -0.508 e. The Bertz CT molecular complexity index is 1340. The first-order chi connectivity index (χ1) is 19.9. The summed E-state index contributed by atoms with van der Waals surface area (Å²) in [5.41, 5.74) is 0.467. The normalized spacial score (nSPS) is 44.5. The molecule has 5 aliphatic carbocycles. The molecule has 3 unspecified atom stereocenters. The lowest BCUT2D eigenvalue weighted by atomic mass is 9.34. The monoisotopic (exact) mass is 592 g/mol. The number of aliphatic hydroxyl groups excluding tert-OH is 1. The molecule has 0 saturated heterocycles. The lowest BCUT2D eigenvalue weighted by Crippen LogP contribution is -2.66. The van der Waals surface area contributed by atoms with Gasteiger partial charge in [-0.2, -0.15) is 0 Å². The number of rotatable bonds is 3. The number of carboxylic acids is 1. The summed E-state index contributed by atoms with van der Waals surface area (Å²) in [6.07, 6.45) is 8.82. The van der Waals surface area contributed by atoms with Crippen molar-refractivity contribution in [2.45, 2.75) is 118 Å². The van der Waals surface area contributed by atoms with E-state index in [1.807, 2.05) is 0 Å². The average molecular weight is 593 g/mol. The molecule has 5 aliphatic rings. The van der Waals surface area contributed by atoms with E-state index in [-0.39, 0.29) is 39.2 Å². The highest BCUT2D eigenvalue weighted by Crippen LogP contribution is 2.75. The summed E-state index contributed by atoms with van der Waals surface area (Å²) in [6, 6.07) is 6.07. The van der Waals surface area contributed by atoms with Crippen LogP contribution in [0.5, 0.6) is 5.75 Å². The van der Waals surface area contributed by atoms with Gasteiger partial charge in [0.2, 0.25) is 0 Å². The summed E-state index contributed by atoms with van der Waals surface area (Å²) in [5, 5.41) is 32.0. The van der Waals surface area contributed by atoms with E-state index in [1.54, 1.807) is 12.1 Å². The summed E-state index contributed by atoms with van der Waals surface area (Å²) < 4.78 is 6.10. The molecule has 236 valence electrons. The van der Waals surface area contributed by atoms with Crippen LogP contribution in [0.4, 0.5) is 0 Å². The second-order valence-electron chi connectivity index (χ2n) is 17.2. The third-order valence-corrected chi connectivity index (χ3v) is 14.0. The molecule has 3 N–H and O–H groups in total. The number of phenols is 1. The standard InChI is InChI=1S/C37H52O6/c1-32(2)18-19-37(31(41)42)17-14-26-34(5)15-12-25-33(3,4)29(39)24(43-30(40)22-8-10-23(38)11-9-22)20-36(25,7)27(34)13-16-35(26,6)28(37)21-32/h8-11,14,24-25,27-29,38-39H,12-13,15-21H2,1-7H3,(H,41,42)/t24-,25?,27?,28?,29-,34+,35-,36+,37-/m1/s1. The van der Waals surface area contributed by atoms with Gasteiger partial charge in [-0.1, -0.05) is 60.1 Å². The van der Waals surface area contributed by atoms with Crippen LogP contribution >= 0.6 is 0 Å². The highest BCUT2D eigenvalue weighted by atomic mass is 16.6. The Morgan fingerprint density at radius 1 is 0.814 bits per heavy atom. The molecular weight excluding hydrogens is 540 g/mol. The van der Waals surface area contributed by atoms with Crippen LogP contribution in [0.3, 0.4) is 0 Å². The van der Waals surface area contributed by atoms with Gasteiger partial charge in [-0.15, -0.1) is 0 Å². The van der Waals surface area contributed by atoms with E-state index >= 15 is 0 Å². The molecular formula is C37H52O6. The van der Waals surface area contributed by atoms with Crippen molar-refractivity contribution in [3.63, 3.8) is 0 Å². The average Bonchev–Trinajstić information content (AvgIpc) is 2.91. The van der Waals surface area contributed by atoms with Gasteiger partial charge in [0.1, 0.15) is 11.9 Å². The van der Waals surface area contributed by atoms with Gasteiger partial charge in [-0.05, 0) is 127 Å². The number of carboxylic acid groups (broad SMARTS) is 1. The Balaban J connectivity index is 1.36. The van der Waals surface area contributed by atoms with E-state index in [0.717, 1.165) is 44.9 Å². The number of aliphatic carboxylic acids is 1. The highest BCUT2D eigenvalue weighted by Gasteiger charge is 2.69. The number of allylic oxidation sites excluding steroid dienone is 2. The molecule has 43 heavy (non-hydrogen) atoms. The Kier molecular flexibility index (Phi) is 6.83. The van der Waals surface area contributed by atoms with Crippen molar-refractivity contribution in [2.24, 2.45) is 50.2 Å². The number of hydrogen-bond donors (Lipinski definition) is 3. The molecule has 0 spiro atoms. The maximum absolute atomic E-state index is 13.2. The van der Waals surface area contributed by atoms with Crippen LogP contribution in [0, 0.1) is 50.2 Å². The van der Waals surface area contributed by atoms with Crippen LogP contribution in [-0.4, -0.2) is 39.5 Å². The van der Waals surface area contributed by atoms with E-state index in [1.165, 1.54) is 17.7 Å². The smallest absolute Gasteiger partial charge is 0.338 e. The second-order valence-corrected chi connectivity index (χ2v) is 17.2. The number of ether oxygens (including phenoxy) is 1. The Hall–Kier alpha value is -2.34. The fourth-order valence-corrected chi connectivity index (χ4v) is 11.9. The van der Waals surface area contributed by atoms with Gasteiger partial charge in [-0.3, -0.25) is 4.79 Å². The molecule has 9 atom stereocenters. The molecule has 6 heteroatoms. The first-order valence-corrected chi connectivity index (χ1v) is 16.5. The lowest BCUT2D eigenvalue weighted by Gasteiger charge is -2.70. The molecule has 0 aromatic heterocycles. The van der Waals surface area contributed by atoms with Gasteiger partial charge in [0.25, 0.3) is 0 Å². The van der Waals surface area contributed by atoms with Crippen molar-refractivity contribution in [1.29, 1.82) is 0 Å². The number of benzene rings is 1. The van der Waals surface area contributed by atoms with Gasteiger partial charge in [0.05, 0.1) is 17.1 Å². The maximum Gasteiger partial charge on any atom is 0.338 e.